The Hall–Kier alpha value is -1.31. The zero-order chi connectivity index (χ0) is 16.1. The maximum atomic E-state index is 12.8. The summed E-state index contributed by atoms with van der Waals surface area (Å²) in [5.41, 5.74) is 6.33. The summed E-state index contributed by atoms with van der Waals surface area (Å²) in [6.07, 6.45) is 0.828. The molecule has 1 aliphatic rings. The molecular weight excluding hydrogens is 341 g/mol. The zero-order valence-corrected chi connectivity index (χ0v) is 14.5. The number of nitrogens with two attached hydrogens (primary N) is 1. The highest BCUT2D eigenvalue weighted by molar-refractivity contribution is 8.01. The van der Waals surface area contributed by atoms with Gasteiger partial charge in [-0.25, -0.2) is 4.39 Å². The molecule has 1 aliphatic heterocycles. The van der Waals surface area contributed by atoms with E-state index in [1.807, 2.05) is 0 Å². The van der Waals surface area contributed by atoms with Gasteiger partial charge >= 0.3 is 0 Å². The number of hydrogen-bond donors (Lipinski definition) is 2. The van der Waals surface area contributed by atoms with Crippen molar-refractivity contribution in [2.75, 3.05) is 24.2 Å². The topological polar surface area (TPSA) is 75.4 Å². The van der Waals surface area contributed by atoms with Crippen molar-refractivity contribution in [2.45, 2.75) is 24.6 Å². The number of nitrogens with one attached hydrogen (secondary N) is 1. The Morgan fingerprint density at radius 3 is 2.65 bits per heavy atom. The number of halogens is 2. The lowest BCUT2D eigenvalue weighted by Gasteiger charge is -2.20. The molecule has 0 aromatic heterocycles. The number of nitrogens with zero attached hydrogens (tertiary/aromatic N) is 1. The number of rotatable bonds is 5. The second kappa shape index (κ2) is 9.10. The molecule has 0 aliphatic carbocycles. The van der Waals surface area contributed by atoms with E-state index in [9.17, 15) is 14.0 Å². The fourth-order valence-electron chi connectivity index (χ4n) is 2.25. The van der Waals surface area contributed by atoms with E-state index in [1.54, 1.807) is 11.8 Å². The van der Waals surface area contributed by atoms with Gasteiger partial charge in [-0.2, -0.15) is 0 Å². The molecule has 1 saturated heterocycles. The van der Waals surface area contributed by atoms with Gasteiger partial charge in [0.15, 0.2) is 0 Å². The van der Waals surface area contributed by atoms with Gasteiger partial charge in [0.1, 0.15) is 5.82 Å². The van der Waals surface area contributed by atoms with Crippen LogP contribution >= 0.6 is 24.2 Å². The van der Waals surface area contributed by atoms with Crippen LogP contribution in [0.3, 0.4) is 0 Å². The molecule has 1 unspecified atom stereocenters. The monoisotopic (exact) mass is 361 g/mol. The van der Waals surface area contributed by atoms with Gasteiger partial charge in [-0.15, -0.1) is 24.2 Å². The van der Waals surface area contributed by atoms with Crippen molar-refractivity contribution in [3.05, 3.63) is 30.1 Å². The fourth-order valence-corrected chi connectivity index (χ4v) is 3.01. The number of likely N-dealkylation sites (tertiary alicyclic amines) is 1. The van der Waals surface area contributed by atoms with Gasteiger partial charge in [0.2, 0.25) is 11.8 Å². The minimum atomic E-state index is -0.351. The number of benzene rings is 1. The van der Waals surface area contributed by atoms with Crippen LogP contribution in [0.2, 0.25) is 0 Å². The molecule has 2 amide bonds. The average molecular weight is 362 g/mol. The molecule has 0 radical (unpaired) electrons. The number of hydrogen-bond acceptors (Lipinski definition) is 4. The van der Waals surface area contributed by atoms with E-state index in [0.29, 0.717) is 18.8 Å². The highest BCUT2D eigenvalue weighted by atomic mass is 35.5. The number of anilines is 1. The molecule has 3 N–H and O–H groups in total. The summed E-state index contributed by atoms with van der Waals surface area (Å²) in [7, 11) is 0. The third-order valence-electron chi connectivity index (χ3n) is 3.48. The Balaban J connectivity index is 0.00000264. The molecule has 0 spiro atoms. The first-order valence-corrected chi connectivity index (χ1v) is 8.22. The standard InChI is InChI=1S/C15H20FN3O2S.ClH/c1-10(15(21)19-7-6-12(17)8-19)22-9-14(20)18-13-4-2-11(16)3-5-13;/h2-5,10,12H,6-9,17H2,1H3,(H,18,20);1H/t10?,12-;/m1./s1. The third kappa shape index (κ3) is 6.01. The molecule has 0 saturated carbocycles. The number of carbonyl (C=O) groups is 2. The molecular formula is C15H21ClFN3O2S. The van der Waals surface area contributed by atoms with Crippen LogP contribution < -0.4 is 11.1 Å². The van der Waals surface area contributed by atoms with E-state index in [0.717, 1.165) is 6.42 Å². The predicted molar refractivity (Wildman–Crippen MR) is 93.4 cm³/mol. The summed E-state index contributed by atoms with van der Waals surface area (Å²) >= 11 is 1.28. The van der Waals surface area contributed by atoms with Crippen molar-refractivity contribution in [1.82, 2.24) is 4.90 Å². The summed E-state index contributed by atoms with van der Waals surface area (Å²) in [6, 6.07) is 5.62. The molecule has 1 fully saturated rings. The Labute approximate surface area is 145 Å². The Morgan fingerprint density at radius 1 is 1.43 bits per heavy atom. The summed E-state index contributed by atoms with van der Waals surface area (Å²) in [4.78, 5) is 25.8. The molecule has 128 valence electrons. The highest BCUT2D eigenvalue weighted by Gasteiger charge is 2.27. The molecule has 5 nitrogen and oxygen atoms in total. The Bertz CT molecular complexity index is 544. The normalized spacial score (nSPS) is 18.2. The lowest BCUT2D eigenvalue weighted by atomic mass is 10.3. The van der Waals surface area contributed by atoms with Crippen molar-refractivity contribution in [1.29, 1.82) is 0 Å². The van der Waals surface area contributed by atoms with Gasteiger partial charge in [0.05, 0.1) is 11.0 Å². The molecule has 1 aromatic rings. The summed E-state index contributed by atoms with van der Waals surface area (Å²) in [5.74, 6) is -0.373. The summed E-state index contributed by atoms with van der Waals surface area (Å²) < 4.78 is 12.8. The van der Waals surface area contributed by atoms with E-state index in [-0.39, 0.29) is 47.1 Å². The van der Waals surface area contributed by atoms with Gasteiger partial charge in [-0.3, -0.25) is 9.59 Å². The first-order valence-electron chi connectivity index (χ1n) is 7.17. The smallest absolute Gasteiger partial charge is 0.235 e. The van der Waals surface area contributed by atoms with Crippen LogP contribution in [-0.4, -0.2) is 46.8 Å². The molecule has 2 atom stereocenters. The lowest BCUT2D eigenvalue weighted by Crippen LogP contribution is -2.37. The number of thioether (sulfide) groups is 1. The van der Waals surface area contributed by atoms with Crippen molar-refractivity contribution in [3.63, 3.8) is 0 Å². The predicted octanol–water partition coefficient (Wildman–Crippen LogP) is 1.87. The Morgan fingerprint density at radius 2 is 2.09 bits per heavy atom. The van der Waals surface area contributed by atoms with Crippen LogP contribution in [0.5, 0.6) is 0 Å². The van der Waals surface area contributed by atoms with Crippen molar-refractivity contribution >= 4 is 41.7 Å². The Kier molecular flexibility index (Phi) is 7.81. The van der Waals surface area contributed by atoms with E-state index < -0.39 is 0 Å². The van der Waals surface area contributed by atoms with Gasteiger partial charge < -0.3 is 16.0 Å². The molecule has 1 heterocycles. The highest BCUT2D eigenvalue weighted by Crippen LogP contribution is 2.17. The maximum Gasteiger partial charge on any atom is 0.235 e. The van der Waals surface area contributed by atoms with Crippen LogP contribution in [0.15, 0.2) is 24.3 Å². The van der Waals surface area contributed by atoms with Gasteiger partial charge in [-0.05, 0) is 37.6 Å². The first kappa shape index (κ1) is 19.7. The van der Waals surface area contributed by atoms with Crippen molar-refractivity contribution < 1.29 is 14.0 Å². The largest absolute Gasteiger partial charge is 0.340 e. The van der Waals surface area contributed by atoms with E-state index >= 15 is 0 Å². The molecule has 8 heteroatoms. The van der Waals surface area contributed by atoms with Crippen LogP contribution in [0.1, 0.15) is 13.3 Å². The van der Waals surface area contributed by atoms with E-state index in [2.05, 4.69) is 5.32 Å². The van der Waals surface area contributed by atoms with Crippen LogP contribution in [0, 0.1) is 5.82 Å². The first-order chi connectivity index (χ1) is 10.5. The van der Waals surface area contributed by atoms with E-state index in [1.165, 1.54) is 36.0 Å². The minimum absolute atomic E-state index is 0. The molecule has 0 bridgehead atoms. The average Bonchev–Trinajstić information content (AvgIpc) is 2.93. The fraction of sp³-hybridized carbons (Fsp3) is 0.467. The SMILES string of the molecule is CC(SCC(=O)Nc1ccc(F)cc1)C(=O)N1CC[C@@H](N)C1.Cl. The van der Waals surface area contributed by atoms with Crippen molar-refractivity contribution in [3.8, 4) is 0 Å². The van der Waals surface area contributed by atoms with Crippen LogP contribution in [-0.2, 0) is 9.59 Å². The third-order valence-corrected chi connectivity index (χ3v) is 4.61. The zero-order valence-electron chi connectivity index (χ0n) is 12.8. The minimum Gasteiger partial charge on any atom is -0.340 e. The summed E-state index contributed by atoms with van der Waals surface area (Å²) in [5, 5.41) is 2.38. The van der Waals surface area contributed by atoms with Gasteiger partial charge in [0, 0.05) is 24.8 Å². The second-order valence-electron chi connectivity index (χ2n) is 5.34. The number of amides is 2. The van der Waals surface area contributed by atoms with Gasteiger partial charge in [0.25, 0.3) is 0 Å². The molecule has 23 heavy (non-hydrogen) atoms. The van der Waals surface area contributed by atoms with Gasteiger partial charge in [-0.1, -0.05) is 0 Å². The second-order valence-corrected chi connectivity index (χ2v) is 6.67. The van der Waals surface area contributed by atoms with E-state index in [4.69, 9.17) is 5.73 Å². The quantitative estimate of drug-likeness (QED) is 0.839. The lowest BCUT2D eigenvalue weighted by molar-refractivity contribution is -0.129. The van der Waals surface area contributed by atoms with Crippen LogP contribution in [0.4, 0.5) is 10.1 Å². The van der Waals surface area contributed by atoms with Crippen molar-refractivity contribution in [2.24, 2.45) is 5.73 Å². The maximum absolute atomic E-state index is 12.8. The molecule has 2 rings (SSSR count). The molecule has 1 aromatic carbocycles. The summed E-state index contributed by atoms with van der Waals surface area (Å²) in [6.45, 7) is 3.07. The van der Waals surface area contributed by atoms with Crippen LogP contribution in [0.25, 0.3) is 0 Å². The number of carbonyl (C=O) groups excluding carboxylic acids is 2.